The Labute approximate surface area is 157 Å². The number of carbonyl (C=O) groups is 1. The van der Waals surface area contributed by atoms with Crippen molar-refractivity contribution in [3.05, 3.63) is 76.1 Å². The van der Waals surface area contributed by atoms with E-state index in [0.29, 0.717) is 22.2 Å². The van der Waals surface area contributed by atoms with E-state index in [1.165, 1.54) is 18.0 Å². The standard InChI is InChI=1S/C20H19ClN4O/c1-12-6-4-8-17(13(12)2)25-20-22-10-15(11-23-20)19(26)24-18-9-5-7-16(21)14(18)3/h4-11H,1-3H3,(H,24,26)(H,22,23,25). The number of halogens is 1. The van der Waals surface area contributed by atoms with Gasteiger partial charge in [0.15, 0.2) is 0 Å². The van der Waals surface area contributed by atoms with Crippen molar-refractivity contribution in [2.45, 2.75) is 20.8 Å². The van der Waals surface area contributed by atoms with Crippen LogP contribution in [0.2, 0.25) is 5.02 Å². The maximum absolute atomic E-state index is 12.4. The average molecular weight is 367 g/mol. The van der Waals surface area contributed by atoms with Gasteiger partial charge >= 0.3 is 0 Å². The molecule has 26 heavy (non-hydrogen) atoms. The van der Waals surface area contributed by atoms with Crippen LogP contribution in [0.15, 0.2) is 48.8 Å². The first-order valence-electron chi connectivity index (χ1n) is 8.17. The molecule has 0 fully saturated rings. The summed E-state index contributed by atoms with van der Waals surface area (Å²) in [6, 6.07) is 11.4. The Balaban J connectivity index is 1.74. The van der Waals surface area contributed by atoms with Crippen molar-refractivity contribution in [1.82, 2.24) is 9.97 Å². The minimum absolute atomic E-state index is 0.284. The first kappa shape index (κ1) is 17.9. The minimum atomic E-state index is -0.284. The number of amides is 1. The molecule has 6 heteroatoms. The lowest BCUT2D eigenvalue weighted by atomic mass is 10.1. The lowest BCUT2D eigenvalue weighted by molar-refractivity contribution is 0.102. The number of aromatic nitrogens is 2. The van der Waals surface area contributed by atoms with E-state index < -0.39 is 0 Å². The third-order valence-electron chi connectivity index (χ3n) is 4.28. The molecule has 132 valence electrons. The molecule has 0 aliphatic heterocycles. The predicted octanol–water partition coefficient (Wildman–Crippen LogP) is 5.05. The first-order chi connectivity index (χ1) is 12.5. The van der Waals surface area contributed by atoms with E-state index in [4.69, 9.17) is 11.6 Å². The molecule has 2 N–H and O–H groups in total. The van der Waals surface area contributed by atoms with Crippen molar-refractivity contribution < 1.29 is 4.79 Å². The van der Waals surface area contributed by atoms with Crippen molar-refractivity contribution in [3.8, 4) is 0 Å². The van der Waals surface area contributed by atoms with Crippen LogP contribution in [-0.4, -0.2) is 15.9 Å². The fourth-order valence-electron chi connectivity index (χ4n) is 2.45. The Bertz CT molecular complexity index is 955. The Hall–Kier alpha value is -2.92. The fraction of sp³-hybridized carbons (Fsp3) is 0.150. The van der Waals surface area contributed by atoms with Gasteiger partial charge in [-0.05, 0) is 55.7 Å². The monoisotopic (exact) mass is 366 g/mol. The summed E-state index contributed by atoms with van der Waals surface area (Å²) in [7, 11) is 0. The summed E-state index contributed by atoms with van der Waals surface area (Å²) in [5, 5.41) is 6.61. The van der Waals surface area contributed by atoms with Gasteiger partial charge in [-0.2, -0.15) is 0 Å². The number of nitrogens with one attached hydrogen (secondary N) is 2. The van der Waals surface area contributed by atoms with Gasteiger partial charge in [0, 0.05) is 28.8 Å². The summed E-state index contributed by atoms with van der Waals surface area (Å²) >= 11 is 6.08. The van der Waals surface area contributed by atoms with Crippen LogP contribution in [0.25, 0.3) is 0 Å². The van der Waals surface area contributed by atoms with Crippen LogP contribution < -0.4 is 10.6 Å². The van der Waals surface area contributed by atoms with Crippen LogP contribution in [0.4, 0.5) is 17.3 Å². The van der Waals surface area contributed by atoms with E-state index in [1.54, 1.807) is 18.2 Å². The first-order valence-corrected chi connectivity index (χ1v) is 8.55. The molecular weight excluding hydrogens is 348 g/mol. The quantitative estimate of drug-likeness (QED) is 0.678. The van der Waals surface area contributed by atoms with E-state index in [2.05, 4.69) is 20.6 Å². The molecule has 5 nitrogen and oxygen atoms in total. The summed E-state index contributed by atoms with van der Waals surface area (Å²) in [5.74, 6) is 0.155. The lowest BCUT2D eigenvalue weighted by Crippen LogP contribution is -2.14. The minimum Gasteiger partial charge on any atom is -0.324 e. The topological polar surface area (TPSA) is 66.9 Å². The number of anilines is 3. The van der Waals surface area contributed by atoms with Gasteiger partial charge in [0.1, 0.15) is 0 Å². The maximum atomic E-state index is 12.4. The zero-order chi connectivity index (χ0) is 18.7. The highest BCUT2D eigenvalue weighted by Gasteiger charge is 2.11. The van der Waals surface area contributed by atoms with Crippen molar-refractivity contribution >= 4 is 34.8 Å². The number of carbonyl (C=O) groups excluding carboxylic acids is 1. The number of rotatable bonds is 4. The smallest absolute Gasteiger partial charge is 0.258 e. The van der Waals surface area contributed by atoms with Crippen molar-refractivity contribution in [2.75, 3.05) is 10.6 Å². The highest BCUT2D eigenvalue weighted by molar-refractivity contribution is 6.31. The van der Waals surface area contributed by atoms with Crippen LogP contribution in [0.5, 0.6) is 0 Å². The number of aryl methyl sites for hydroxylation is 1. The van der Waals surface area contributed by atoms with Gasteiger partial charge in [0.25, 0.3) is 5.91 Å². The van der Waals surface area contributed by atoms with Crippen LogP contribution in [0, 0.1) is 20.8 Å². The molecule has 2 aromatic carbocycles. The highest BCUT2D eigenvalue weighted by atomic mass is 35.5. The molecule has 3 aromatic rings. The van der Waals surface area contributed by atoms with E-state index in [1.807, 2.05) is 39.0 Å². The molecule has 0 bridgehead atoms. The van der Waals surface area contributed by atoms with Gasteiger partial charge in [-0.1, -0.05) is 29.8 Å². The normalized spacial score (nSPS) is 10.5. The zero-order valence-electron chi connectivity index (χ0n) is 14.8. The third-order valence-corrected chi connectivity index (χ3v) is 4.69. The number of hydrogen-bond acceptors (Lipinski definition) is 4. The largest absolute Gasteiger partial charge is 0.324 e. The Kier molecular flexibility index (Phi) is 5.19. The second-order valence-corrected chi connectivity index (χ2v) is 6.44. The Morgan fingerprint density at radius 3 is 2.31 bits per heavy atom. The molecule has 0 saturated carbocycles. The van der Waals surface area contributed by atoms with Crippen molar-refractivity contribution in [2.24, 2.45) is 0 Å². The highest BCUT2D eigenvalue weighted by Crippen LogP contribution is 2.24. The predicted molar refractivity (Wildman–Crippen MR) is 105 cm³/mol. The summed E-state index contributed by atoms with van der Waals surface area (Å²) < 4.78 is 0. The zero-order valence-corrected chi connectivity index (χ0v) is 15.6. The van der Waals surface area contributed by atoms with Gasteiger partial charge in [-0.3, -0.25) is 4.79 Å². The molecule has 0 aliphatic rings. The van der Waals surface area contributed by atoms with Crippen molar-refractivity contribution in [3.63, 3.8) is 0 Å². The van der Waals surface area contributed by atoms with Gasteiger partial charge in [0.2, 0.25) is 5.95 Å². The number of hydrogen-bond donors (Lipinski definition) is 2. The molecule has 0 radical (unpaired) electrons. The van der Waals surface area contributed by atoms with Crippen LogP contribution in [-0.2, 0) is 0 Å². The summed E-state index contributed by atoms with van der Waals surface area (Å²) in [5.41, 5.74) is 5.11. The molecule has 0 saturated heterocycles. The summed E-state index contributed by atoms with van der Waals surface area (Å²) in [6.07, 6.45) is 2.99. The maximum Gasteiger partial charge on any atom is 0.258 e. The molecule has 1 amide bonds. The second kappa shape index (κ2) is 7.54. The van der Waals surface area contributed by atoms with Crippen LogP contribution >= 0.6 is 11.6 Å². The molecular formula is C20H19ClN4O. The van der Waals surface area contributed by atoms with Gasteiger partial charge < -0.3 is 10.6 Å². The Morgan fingerprint density at radius 1 is 0.923 bits per heavy atom. The van der Waals surface area contributed by atoms with Gasteiger partial charge in [-0.15, -0.1) is 0 Å². The van der Waals surface area contributed by atoms with Gasteiger partial charge in [0.05, 0.1) is 5.56 Å². The second-order valence-electron chi connectivity index (χ2n) is 6.03. The summed E-state index contributed by atoms with van der Waals surface area (Å²) in [4.78, 5) is 20.9. The third kappa shape index (κ3) is 3.83. The van der Waals surface area contributed by atoms with E-state index in [-0.39, 0.29) is 5.91 Å². The van der Waals surface area contributed by atoms with E-state index in [9.17, 15) is 4.79 Å². The van der Waals surface area contributed by atoms with Crippen LogP contribution in [0.1, 0.15) is 27.0 Å². The SMILES string of the molecule is Cc1cccc(Nc2ncc(C(=O)Nc3cccc(Cl)c3C)cn2)c1C. The molecule has 0 aliphatic carbocycles. The van der Waals surface area contributed by atoms with E-state index >= 15 is 0 Å². The van der Waals surface area contributed by atoms with Crippen LogP contribution in [0.3, 0.4) is 0 Å². The molecule has 1 heterocycles. The molecule has 1 aromatic heterocycles. The average Bonchev–Trinajstić information content (AvgIpc) is 2.63. The molecule has 0 unspecified atom stereocenters. The van der Waals surface area contributed by atoms with Crippen molar-refractivity contribution in [1.29, 1.82) is 0 Å². The molecule has 3 rings (SSSR count). The summed E-state index contributed by atoms with van der Waals surface area (Å²) in [6.45, 7) is 5.94. The fourth-order valence-corrected chi connectivity index (χ4v) is 2.63. The molecule has 0 spiro atoms. The van der Waals surface area contributed by atoms with E-state index in [0.717, 1.165) is 16.8 Å². The Morgan fingerprint density at radius 2 is 1.58 bits per heavy atom. The number of nitrogens with zero attached hydrogens (tertiary/aromatic N) is 2. The lowest BCUT2D eigenvalue weighted by Gasteiger charge is -2.11. The molecule has 0 atom stereocenters. The van der Waals surface area contributed by atoms with Gasteiger partial charge in [-0.25, -0.2) is 9.97 Å². The number of benzene rings is 2.